The van der Waals surface area contributed by atoms with Crippen LogP contribution >= 0.6 is 0 Å². The Kier molecular flexibility index (Phi) is 6.91. The third-order valence-corrected chi connectivity index (χ3v) is 7.25. The van der Waals surface area contributed by atoms with Crippen molar-refractivity contribution in [1.29, 1.82) is 0 Å². The number of hydrogen-bond acceptors (Lipinski definition) is 5. The van der Waals surface area contributed by atoms with E-state index in [0.29, 0.717) is 24.9 Å². The van der Waals surface area contributed by atoms with Crippen LogP contribution in [-0.2, 0) is 16.1 Å². The Bertz CT molecular complexity index is 1240. The van der Waals surface area contributed by atoms with Gasteiger partial charge in [-0.2, -0.15) is 5.10 Å². The molecule has 1 amide bonds. The number of nitrogens with zero attached hydrogens (tertiary/aromatic N) is 3. The number of hydrogen-bond donors (Lipinski definition) is 2. The monoisotopic (exact) mass is 502 g/mol. The third kappa shape index (κ3) is 5.79. The lowest BCUT2D eigenvalue weighted by Gasteiger charge is -2.36. The van der Waals surface area contributed by atoms with Crippen LogP contribution in [0, 0.1) is 5.92 Å². The average molecular weight is 503 g/mol. The van der Waals surface area contributed by atoms with Gasteiger partial charge >= 0.3 is 5.97 Å². The molecule has 0 radical (unpaired) electrons. The molecule has 3 aromatic rings. The van der Waals surface area contributed by atoms with Crippen LogP contribution < -0.4 is 9.64 Å². The van der Waals surface area contributed by atoms with E-state index in [2.05, 4.69) is 44.3 Å². The van der Waals surface area contributed by atoms with Crippen molar-refractivity contribution in [1.82, 2.24) is 15.1 Å². The van der Waals surface area contributed by atoms with Gasteiger partial charge in [-0.05, 0) is 62.8 Å². The SMILES string of the molecule is CC(C)(Oc1cccc(N2CCCC(C(=O)N(Cc3ccc(-c4cn[nH]c4)cc3)C3CC3)C2)c1)C(=O)O. The number of carbonyl (C=O) groups is 2. The second-order valence-electron chi connectivity index (χ2n) is 10.6. The summed E-state index contributed by atoms with van der Waals surface area (Å²) >= 11 is 0. The Labute approximate surface area is 217 Å². The first kappa shape index (κ1) is 24.9. The molecule has 0 bridgehead atoms. The van der Waals surface area contributed by atoms with Gasteiger partial charge in [-0.1, -0.05) is 30.3 Å². The Hall–Kier alpha value is -3.81. The molecule has 2 N–H and O–H groups in total. The van der Waals surface area contributed by atoms with E-state index in [1.807, 2.05) is 24.4 Å². The van der Waals surface area contributed by atoms with E-state index in [1.165, 1.54) is 13.8 Å². The number of H-pyrrole nitrogens is 1. The van der Waals surface area contributed by atoms with Gasteiger partial charge in [0.25, 0.3) is 0 Å². The molecule has 194 valence electrons. The summed E-state index contributed by atoms with van der Waals surface area (Å²) in [6.07, 6.45) is 7.61. The van der Waals surface area contributed by atoms with Crippen LogP contribution in [0.4, 0.5) is 5.69 Å². The number of benzene rings is 2. The number of anilines is 1. The van der Waals surface area contributed by atoms with Gasteiger partial charge in [-0.25, -0.2) is 4.79 Å². The molecule has 1 aromatic heterocycles. The largest absolute Gasteiger partial charge is 0.478 e. The van der Waals surface area contributed by atoms with Crippen molar-refractivity contribution < 1.29 is 19.4 Å². The number of carbonyl (C=O) groups excluding carboxylic acids is 1. The Balaban J connectivity index is 1.26. The molecule has 1 aliphatic carbocycles. The number of ether oxygens (including phenoxy) is 1. The van der Waals surface area contributed by atoms with E-state index in [0.717, 1.165) is 54.6 Å². The number of piperidine rings is 1. The fourth-order valence-electron chi connectivity index (χ4n) is 4.91. The third-order valence-electron chi connectivity index (χ3n) is 7.25. The Morgan fingerprint density at radius 2 is 1.92 bits per heavy atom. The highest BCUT2D eigenvalue weighted by molar-refractivity contribution is 5.80. The number of aromatic nitrogens is 2. The van der Waals surface area contributed by atoms with E-state index in [-0.39, 0.29) is 11.8 Å². The molecular formula is C29H34N4O4. The molecule has 2 aliphatic rings. The number of carboxylic acid groups (broad SMARTS) is 1. The lowest BCUT2D eigenvalue weighted by Crippen LogP contribution is -2.45. The van der Waals surface area contributed by atoms with Gasteiger partial charge in [0.15, 0.2) is 5.60 Å². The molecule has 8 nitrogen and oxygen atoms in total. The van der Waals surface area contributed by atoms with Crippen LogP contribution in [0.15, 0.2) is 60.9 Å². The summed E-state index contributed by atoms with van der Waals surface area (Å²) in [5.41, 5.74) is 2.91. The number of amides is 1. The molecule has 5 rings (SSSR count). The zero-order chi connectivity index (χ0) is 26.0. The van der Waals surface area contributed by atoms with Gasteiger partial charge in [0.05, 0.1) is 12.1 Å². The van der Waals surface area contributed by atoms with Crippen LogP contribution in [0.5, 0.6) is 5.75 Å². The fourth-order valence-corrected chi connectivity index (χ4v) is 4.91. The lowest BCUT2D eigenvalue weighted by atomic mass is 9.95. The van der Waals surface area contributed by atoms with Gasteiger partial charge in [0, 0.05) is 49.2 Å². The molecular weight excluding hydrogens is 468 g/mol. The Morgan fingerprint density at radius 1 is 1.14 bits per heavy atom. The summed E-state index contributed by atoms with van der Waals surface area (Å²) in [7, 11) is 0. The highest BCUT2D eigenvalue weighted by Gasteiger charge is 2.37. The minimum Gasteiger partial charge on any atom is -0.478 e. The number of aromatic amines is 1. The summed E-state index contributed by atoms with van der Waals surface area (Å²) in [6, 6.07) is 16.2. The van der Waals surface area contributed by atoms with Crippen molar-refractivity contribution in [3.8, 4) is 16.9 Å². The first-order valence-corrected chi connectivity index (χ1v) is 13.0. The van der Waals surface area contributed by atoms with Crippen LogP contribution in [-0.4, -0.2) is 56.8 Å². The highest BCUT2D eigenvalue weighted by Crippen LogP contribution is 2.33. The minimum atomic E-state index is -1.32. The van der Waals surface area contributed by atoms with Crippen molar-refractivity contribution in [2.75, 3.05) is 18.0 Å². The van der Waals surface area contributed by atoms with Crippen LogP contribution in [0.3, 0.4) is 0 Å². The van der Waals surface area contributed by atoms with Crippen LogP contribution in [0.25, 0.3) is 11.1 Å². The molecule has 37 heavy (non-hydrogen) atoms. The predicted molar refractivity (Wildman–Crippen MR) is 141 cm³/mol. The van der Waals surface area contributed by atoms with Gasteiger partial charge in [-0.15, -0.1) is 0 Å². The normalized spacial score (nSPS) is 17.9. The molecule has 0 spiro atoms. The fraction of sp³-hybridized carbons (Fsp3) is 0.414. The zero-order valence-corrected chi connectivity index (χ0v) is 21.4. The van der Waals surface area contributed by atoms with Crippen molar-refractivity contribution in [3.63, 3.8) is 0 Å². The molecule has 2 aromatic carbocycles. The number of rotatable bonds is 9. The lowest BCUT2D eigenvalue weighted by molar-refractivity contribution is -0.152. The smallest absolute Gasteiger partial charge is 0.347 e. The van der Waals surface area contributed by atoms with E-state index in [9.17, 15) is 14.7 Å². The quantitative estimate of drug-likeness (QED) is 0.439. The zero-order valence-electron chi connectivity index (χ0n) is 21.4. The molecule has 2 heterocycles. The summed E-state index contributed by atoms with van der Waals surface area (Å²) in [5, 5.41) is 16.3. The molecule has 1 atom stereocenters. The average Bonchev–Trinajstić information content (AvgIpc) is 3.59. The molecule has 1 saturated heterocycles. The second-order valence-corrected chi connectivity index (χ2v) is 10.6. The number of carboxylic acids is 1. The summed E-state index contributed by atoms with van der Waals surface area (Å²) in [4.78, 5) is 29.5. The van der Waals surface area contributed by atoms with Crippen molar-refractivity contribution in [2.45, 2.75) is 57.7 Å². The highest BCUT2D eigenvalue weighted by atomic mass is 16.5. The van der Waals surface area contributed by atoms with Gasteiger partial charge < -0.3 is 19.6 Å². The van der Waals surface area contributed by atoms with Crippen LogP contribution in [0.1, 0.15) is 45.1 Å². The molecule has 1 aliphatic heterocycles. The van der Waals surface area contributed by atoms with Crippen LogP contribution in [0.2, 0.25) is 0 Å². The van der Waals surface area contributed by atoms with E-state index in [4.69, 9.17) is 4.74 Å². The number of nitrogens with one attached hydrogen (secondary N) is 1. The van der Waals surface area contributed by atoms with Gasteiger partial charge in [-0.3, -0.25) is 9.89 Å². The maximum atomic E-state index is 13.7. The van der Waals surface area contributed by atoms with E-state index < -0.39 is 11.6 Å². The first-order valence-electron chi connectivity index (χ1n) is 13.0. The maximum Gasteiger partial charge on any atom is 0.347 e. The first-order chi connectivity index (χ1) is 17.8. The summed E-state index contributed by atoms with van der Waals surface area (Å²) in [5.74, 6) is -0.347. The maximum absolute atomic E-state index is 13.7. The van der Waals surface area contributed by atoms with Gasteiger partial charge in [0.1, 0.15) is 5.75 Å². The summed E-state index contributed by atoms with van der Waals surface area (Å²) < 4.78 is 5.74. The molecule has 2 fully saturated rings. The topological polar surface area (TPSA) is 98.8 Å². The van der Waals surface area contributed by atoms with Crippen molar-refractivity contribution >= 4 is 17.6 Å². The minimum absolute atomic E-state index is 0.0698. The predicted octanol–water partition coefficient (Wildman–Crippen LogP) is 4.73. The number of aliphatic carboxylic acids is 1. The molecule has 8 heteroatoms. The van der Waals surface area contributed by atoms with Crippen molar-refractivity contribution in [3.05, 3.63) is 66.5 Å². The summed E-state index contributed by atoms with van der Waals surface area (Å²) in [6.45, 7) is 5.20. The molecule has 1 saturated carbocycles. The standard InChI is InChI=1S/C29H34N4O4/c1-29(2,28(35)36)37-26-7-3-6-25(15-26)32-14-4-5-22(19-32)27(34)33(24-12-13-24)18-20-8-10-21(11-9-20)23-16-30-31-17-23/h3,6-11,15-17,22,24H,4-5,12-14,18-19H2,1-2H3,(H,30,31)(H,35,36). The van der Waals surface area contributed by atoms with Crippen molar-refractivity contribution in [2.24, 2.45) is 5.92 Å². The molecule has 1 unspecified atom stereocenters. The second kappa shape index (κ2) is 10.3. The van der Waals surface area contributed by atoms with E-state index in [1.54, 1.807) is 12.3 Å². The van der Waals surface area contributed by atoms with Gasteiger partial charge in [0.2, 0.25) is 5.91 Å². The van der Waals surface area contributed by atoms with E-state index >= 15 is 0 Å². The Morgan fingerprint density at radius 3 is 2.59 bits per heavy atom.